The Kier molecular flexibility index (Phi) is 4.09. The van der Waals surface area contributed by atoms with Gasteiger partial charge in [0.25, 0.3) is 0 Å². The summed E-state index contributed by atoms with van der Waals surface area (Å²) in [4.78, 5) is 10.0. The predicted molar refractivity (Wildman–Crippen MR) is 62.1 cm³/mol. The van der Waals surface area contributed by atoms with Gasteiger partial charge in [0.2, 0.25) is 5.82 Å². The van der Waals surface area contributed by atoms with Crippen LogP contribution < -0.4 is 4.74 Å². The van der Waals surface area contributed by atoms with Crippen LogP contribution in [0.2, 0.25) is 0 Å². The summed E-state index contributed by atoms with van der Waals surface area (Å²) in [5, 5.41) is 10.8. The third-order valence-electron chi connectivity index (χ3n) is 2.95. The van der Waals surface area contributed by atoms with E-state index in [1.54, 1.807) is 0 Å². The van der Waals surface area contributed by atoms with Crippen molar-refractivity contribution in [2.75, 3.05) is 19.8 Å². The monoisotopic (exact) mass is 255 g/mol. The van der Waals surface area contributed by atoms with Gasteiger partial charge in [-0.1, -0.05) is 6.07 Å². The summed E-state index contributed by atoms with van der Waals surface area (Å²) < 4.78 is 23.9. The zero-order valence-corrected chi connectivity index (χ0v) is 9.80. The molecule has 1 fully saturated rings. The van der Waals surface area contributed by atoms with Gasteiger partial charge >= 0.3 is 5.69 Å². The summed E-state index contributed by atoms with van der Waals surface area (Å²) in [5.74, 6) is -0.572. The van der Waals surface area contributed by atoms with Crippen LogP contribution in [0.3, 0.4) is 0 Å². The SMILES string of the molecule is O=[N+]([O-])c1c(F)cccc1OCC1CCOCC1. The van der Waals surface area contributed by atoms with E-state index in [0.717, 1.165) is 18.9 Å². The zero-order chi connectivity index (χ0) is 13.0. The second kappa shape index (κ2) is 5.77. The lowest BCUT2D eigenvalue weighted by atomic mass is 10.0. The van der Waals surface area contributed by atoms with Crippen LogP contribution >= 0.6 is 0 Å². The van der Waals surface area contributed by atoms with Crippen LogP contribution in [0.4, 0.5) is 10.1 Å². The number of rotatable bonds is 4. The Balaban J connectivity index is 2.04. The van der Waals surface area contributed by atoms with Crippen LogP contribution in [0.5, 0.6) is 5.75 Å². The second-order valence-corrected chi connectivity index (χ2v) is 4.21. The van der Waals surface area contributed by atoms with E-state index < -0.39 is 16.4 Å². The van der Waals surface area contributed by atoms with Crippen molar-refractivity contribution in [3.8, 4) is 5.75 Å². The lowest BCUT2D eigenvalue weighted by Gasteiger charge is -2.21. The molecule has 1 aliphatic heterocycles. The summed E-state index contributed by atoms with van der Waals surface area (Å²) in [6.45, 7) is 1.71. The average Bonchev–Trinajstić information content (AvgIpc) is 2.37. The molecule has 0 aromatic heterocycles. The summed E-state index contributed by atoms with van der Waals surface area (Å²) in [6, 6.07) is 3.88. The molecule has 18 heavy (non-hydrogen) atoms. The molecule has 1 aliphatic rings. The van der Waals surface area contributed by atoms with Crippen LogP contribution in [0.1, 0.15) is 12.8 Å². The molecule has 0 spiro atoms. The normalized spacial score (nSPS) is 16.5. The minimum Gasteiger partial charge on any atom is -0.486 e. The Morgan fingerprint density at radius 1 is 1.44 bits per heavy atom. The molecule has 1 heterocycles. The van der Waals surface area contributed by atoms with E-state index in [9.17, 15) is 14.5 Å². The predicted octanol–water partition coefficient (Wildman–Crippen LogP) is 2.54. The zero-order valence-electron chi connectivity index (χ0n) is 9.80. The first kappa shape index (κ1) is 12.8. The smallest absolute Gasteiger partial charge is 0.346 e. The Hall–Kier alpha value is -1.69. The van der Waals surface area contributed by atoms with Gasteiger partial charge in [-0.3, -0.25) is 10.1 Å². The molecule has 1 aromatic rings. The molecule has 2 rings (SSSR count). The van der Waals surface area contributed by atoms with E-state index in [4.69, 9.17) is 9.47 Å². The highest BCUT2D eigenvalue weighted by Gasteiger charge is 2.22. The van der Waals surface area contributed by atoms with Crippen molar-refractivity contribution in [3.05, 3.63) is 34.1 Å². The van der Waals surface area contributed by atoms with Crippen LogP contribution in [0, 0.1) is 21.8 Å². The van der Waals surface area contributed by atoms with E-state index >= 15 is 0 Å². The van der Waals surface area contributed by atoms with E-state index in [0.29, 0.717) is 25.7 Å². The van der Waals surface area contributed by atoms with E-state index in [2.05, 4.69) is 0 Å². The molecule has 0 bridgehead atoms. The maximum Gasteiger partial charge on any atom is 0.346 e. The topological polar surface area (TPSA) is 61.6 Å². The molecular weight excluding hydrogens is 241 g/mol. The van der Waals surface area contributed by atoms with Gasteiger partial charge in [-0.25, -0.2) is 0 Å². The number of hydrogen-bond acceptors (Lipinski definition) is 4. The molecular formula is C12H14FNO4. The van der Waals surface area contributed by atoms with Gasteiger partial charge in [0.15, 0.2) is 5.75 Å². The van der Waals surface area contributed by atoms with Gasteiger partial charge in [-0.15, -0.1) is 0 Å². The van der Waals surface area contributed by atoms with Crippen molar-refractivity contribution in [2.24, 2.45) is 5.92 Å². The first-order chi connectivity index (χ1) is 8.68. The van der Waals surface area contributed by atoms with Crippen molar-refractivity contribution < 1.29 is 18.8 Å². The lowest BCUT2D eigenvalue weighted by Crippen LogP contribution is -2.21. The van der Waals surface area contributed by atoms with Crippen LogP contribution in [-0.2, 0) is 4.74 Å². The highest BCUT2D eigenvalue weighted by atomic mass is 19.1. The van der Waals surface area contributed by atoms with Crippen molar-refractivity contribution in [2.45, 2.75) is 12.8 Å². The van der Waals surface area contributed by atoms with Crippen LogP contribution in [0.25, 0.3) is 0 Å². The molecule has 0 radical (unpaired) electrons. The molecule has 0 atom stereocenters. The number of hydrogen-bond donors (Lipinski definition) is 0. The molecule has 0 aliphatic carbocycles. The molecule has 0 amide bonds. The number of ether oxygens (including phenoxy) is 2. The molecule has 0 unspecified atom stereocenters. The third kappa shape index (κ3) is 2.95. The summed E-state index contributed by atoms with van der Waals surface area (Å²) in [5.41, 5.74) is -0.593. The largest absolute Gasteiger partial charge is 0.486 e. The number of benzene rings is 1. The van der Waals surface area contributed by atoms with Crippen molar-refractivity contribution >= 4 is 5.69 Å². The first-order valence-electron chi connectivity index (χ1n) is 5.82. The molecule has 0 N–H and O–H groups in total. The summed E-state index contributed by atoms with van der Waals surface area (Å²) in [6.07, 6.45) is 1.73. The Morgan fingerprint density at radius 3 is 2.83 bits per heavy atom. The quantitative estimate of drug-likeness (QED) is 0.612. The van der Waals surface area contributed by atoms with Gasteiger partial charge in [0.05, 0.1) is 11.5 Å². The maximum atomic E-state index is 13.3. The minimum absolute atomic E-state index is 0.00788. The van der Waals surface area contributed by atoms with Gasteiger partial charge in [-0.05, 0) is 30.9 Å². The average molecular weight is 255 g/mol. The number of nitrogens with zero attached hydrogens (tertiary/aromatic N) is 1. The fourth-order valence-corrected chi connectivity index (χ4v) is 1.91. The third-order valence-corrected chi connectivity index (χ3v) is 2.95. The van der Waals surface area contributed by atoms with E-state index in [1.807, 2.05) is 0 Å². The minimum atomic E-state index is -0.871. The Bertz CT molecular complexity index is 432. The van der Waals surface area contributed by atoms with Crippen LogP contribution in [-0.4, -0.2) is 24.7 Å². The fourth-order valence-electron chi connectivity index (χ4n) is 1.91. The number of halogens is 1. The molecule has 6 heteroatoms. The van der Waals surface area contributed by atoms with Crippen molar-refractivity contribution in [3.63, 3.8) is 0 Å². The number of nitro groups is 1. The molecule has 5 nitrogen and oxygen atoms in total. The lowest BCUT2D eigenvalue weighted by molar-refractivity contribution is -0.388. The van der Waals surface area contributed by atoms with Crippen molar-refractivity contribution in [1.82, 2.24) is 0 Å². The summed E-state index contributed by atoms with van der Waals surface area (Å²) in [7, 11) is 0. The van der Waals surface area contributed by atoms with Gasteiger partial charge < -0.3 is 9.47 Å². The molecule has 98 valence electrons. The standard InChI is InChI=1S/C12H14FNO4/c13-10-2-1-3-11(12(10)14(15)16)18-8-9-4-6-17-7-5-9/h1-3,9H,4-8H2. The highest BCUT2D eigenvalue weighted by molar-refractivity contribution is 5.47. The maximum absolute atomic E-state index is 13.3. The van der Waals surface area contributed by atoms with Crippen LogP contribution in [0.15, 0.2) is 18.2 Å². The molecule has 1 aromatic carbocycles. The Labute approximate surface area is 104 Å². The molecule has 1 saturated heterocycles. The van der Waals surface area contributed by atoms with E-state index in [-0.39, 0.29) is 5.75 Å². The molecule has 0 saturated carbocycles. The van der Waals surface area contributed by atoms with Gasteiger partial charge in [-0.2, -0.15) is 4.39 Å². The fraction of sp³-hybridized carbons (Fsp3) is 0.500. The van der Waals surface area contributed by atoms with Gasteiger partial charge in [0.1, 0.15) is 0 Å². The van der Waals surface area contributed by atoms with Crippen molar-refractivity contribution in [1.29, 1.82) is 0 Å². The van der Waals surface area contributed by atoms with E-state index in [1.165, 1.54) is 12.1 Å². The highest BCUT2D eigenvalue weighted by Crippen LogP contribution is 2.30. The summed E-state index contributed by atoms with van der Waals surface area (Å²) >= 11 is 0. The van der Waals surface area contributed by atoms with Gasteiger partial charge in [0, 0.05) is 13.2 Å². The number of nitro benzene ring substituents is 1. The Morgan fingerprint density at radius 2 is 2.17 bits per heavy atom. The second-order valence-electron chi connectivity index (χ2n) is 4.21. The number of para-hydroxylation sites is 1. The first-order valence-corrected chi connectivity index (χ1v) is 5.82.